The highest BCUT2D eigenvalue weighted by Crippen LogP contribution is 2.50. The summed E-state index contributed by atoms with van der Waals surface area (Å²) < 4.78 is 15.4. The van der Waals surface area contributed by atoms with Crippen molar-refractivity contribution >= 4 is 23.2 Å². The molecule has 0 bridgehead atoms. The van der Waals surface area contributed by atoms with Crippen LogP contribution in [0.25, 0.3) is 10.4 Å². The van der Waals surface area contributed by atoms with Crippen molar-refractivity contribution in [3.05, 3.63) is 58.2 Å². The van der Waals surface area contributed by atoms with Crippen molar-refractivity contribution in [3.63, 3.8) is 0 Å². The Morgan fingerprint density at radius 2 is 2.09 bits per heavy atom. The predicted molar refractivity (Wildman–Crippen MR) is 119 cm³/mol. The van der Waals surface area contributed by atoms with Gasteiger partial charge in [-0.15, -0.1) is 11.3 Å². The molecule has 2 fully saturated rings. The molecule has 166 valence electrons. The Morgan fingerprint density at radius 3 is 2.81 bits per heavy atom. The average molecular weight is 454 g/mol. The van der Waals surface area contributed by atoms with Crippen molar-refractivity contribution in [1.82, 2.24) is 25.0 Å². The van der Waals surface area contributed by atoms with Crippen molar-refractivity contribution in [3.8, 4) is 10.4 Å². The van der Waals surface area contributed by atoms with Gasteiger partial charge >= 0.3 is 0 Å². The maximum atomic E-state index is 13.8. The topological polar surface area (TPSA) is 80.1 Å². The number of aryl methyl sites for hydroxylation is 3. The van der Waals surface area contributed by atoms with E-state index in [4.69, 9.17) is 0 Å². The third kappa shape index (κ3) is 3.70. The van der Waals surface area contributed by atoms with Crippen LogP contribution in [0.15, 0.2) is 30.3 Å². The maximum absolute atomic E-state index is 13.8. The molecular formula is C23H24FN5O2S. The summed E-state index contributed by atoms with van der Waals surface area (Å²) in [6.45, 7) is 4.73. The largest absolute Gasteiger partial charge is 0.349 e. The van der Waals surface area contributed by atoms with E-state index in [0.717, 1.165) is 17.1 Å². The summed E-state index contributed by atoms with van der Waals surface area (Å²) in [6, 6.07) is 7.91. The minimum atomic E-state index is -0.347. The molecule has 9 heteroatoms. The fraction of sp³-hybridized carbons (Fsp3) is 0.391. The number of halogens is 1. The van der Waals surface area contributed by atoms with Crippen LogP contribution < -0.4 is 5.32 Å². The minimum Gasteiger partial charge on any atom is -0.349 e. The van der Waals surface area contributed by atoms with Crippen molar-refractivity contribution in [2.24, 2.45) is 18.9 Å². The highest BCUT2D eigenvalue weighted by atomic mass is 32.1. The molecule has 1 saturated heterocycles. The Labute approximate surface area is 189 Å². The fourth-order valence-electron chi connectivity index (χ4n) is 4.71. The number of amides is 2. The molecule has 3 atom stereocenters. The number of hydrogen-bond donors (Lipinski definition) is 1. The van der Waals surface area contributed by atoms with Crippen LogP contribution in [0.2, 0.25) is 0 Å². The Kier molecular flexibility index (Phi) is 5.08. The summed E-state index contributed by atoms with van der Waals surface area (Å²) >= 11 is 1.39. The fourth-order valence-corrected chi connectivity index (χ4v) is 5.62. The van der Waals surface area contributed by atoms with Crippen molar-refractivity contribution in [2.45, 2.75) is 26.3 Å². The van der Waals surface area contributed by atoms with Gasteiger partial charge < -0.3 is 10.2 Å². The Balaban J connectivity index is 1.36. The number of carbonyl (C=O) groups is 2. The van der Waals surface area contributed by atoms with Gasteiger partial charge in [0, 0.05) is 20.1 Å². The van der Waals surface area contributed by atoms with Gasteiger partial charge in [-0.05, 0) is 55.9 Å². The second-order valence-corrected chi connectivity index (χ2v) is 9.81. The van der Waals surface area contributed by atoms with Crippen LogP contribution in [0, 0.1) is 31.5 Å². The molecule has 32 heavy (non-hydrogen) atoms. The van der Waals surface area contributed by atoms with E-state index in [1.807, 2.05) is 18.7 Å². The van der Waals surface area contributed by atoms with Crippen LogP contribution in [-0.4, -0.2) is 50.6 Å². The third-order valence-electron chi connectivity index (χ3n) is 6.29. The van der Waals surface area contributed by atoms with E-state index in [-0.39, 0.29) is 23.7 Å². The van der Waals surface area contributed by atoms with Crippen molar-refractivity contribution < 1.29 is 14.0 Å². The lowest BCUT2D eigenvalue weighted by molar-refractivity contribution is 0.0690. The molecule has 2 aliphatic rings. The second kappa shape index (κ2) is 7.81. The Morgan fingerprint density at radius 1 is 1.28 bits per heavy atom. The summed E-state index contributed by atoms with van der Waals surface area (Å²) in [4.78, 5) is 33.2. The number of hydrogen-bond acceptors (Lipinski definition) is 5. The van der Waals surface area contributed by atoms with Gasteiger partial charge in [0.05, 0.1) is 21.6 Å². The van der Waals surface area contributed by atoms with Crippen LogP contribution >= 0.6 is 11.3 Å². The van der Waals surface area contributed by atoms with E-state index in [0.29, 0.717) is 46.8 Å². The van der Waals surface area contributed by atoms with Crippen LogP contribution in [-0.2, 0) is 7.05 Å². The Hall–Kier alpha value is -3.07. The molecule has 1 aromatic carbocycles. The molecule has 2 amide bonds. The first-order chi connectivity index (χ1) is 15.3. The lowest BCUT2D eigenvalue weighted by Crippen LogP contribution is -2.46. The summed E-state index contributed by atoms with van der Waals surface area (Å²) in [7, 11) is 1.74. The second-order valence-electron chi connectivity index (χ2n) is 8.61. The SMILES string of the molecule is Cc1cc(C(=O)NC[C@@H]2[C@@H]3C[C@@H]3CN2C(=O)c2nc(C)sc2-c2cccc(F)c2)n(C)n1. The van der Waals surface area contributed by atoms with Gasteiger partial charge in [0.15, 0.2) is 0 Å². The van der Waals surface area contributed by atoms with Crippen LogP contribution in [0.3, 0.4) is 0 Å². The van der Waals surface area contributed by atoms with E-state index in [1.165, 1.54) is 23.5 Å². The first-order valence-electron chi connectivity index (χ1n) is 10.6. The first kappa shape index (κ1) is 20.8. The third-order valence-corrected chi connectivity index (χ3v) is 7.31. The Bertz CT molecular complexity index is 1220. The van der Waals surface area contributed by atoms with Gasteiger partial charge in [-0.1, -0.05) is 12.1 Å². The van der Waals surface area contributed by atoms with Crippen molar-refractivity contribution in [1.29, 1.82) is 0 Å². The highest BCUT2D eigenvalue weighted by Gasteiger charge is 2.54. The molecule has 1 saturated carbocycles. The lowest BCUT2D eigenvalue weighted by atomic mass is 10.1. The molecule has 3 heterocycles. The molecule has 7 nitrogen and oxygen atoms in total. The number of carbonyl (C=O) groups excluding carboxylic acids is 2. The zero-order chi connectivity index (χ0) is 22.6. The van der Waals surface area contributed by atoms with Gasteiger partial charge in [0.25, 0.3) is 11.8 Å². The van der Waals surface area contributed by atoms with Crippen LogP contribution in [0.5, 0.6) is 0 Å². The molecule has 2 aromatic heterocycles. The summed E-state index contributed by atoms with van der Waals surface area (Å²) in [5.41, 5.74) is 2.29. The predicted octanol–water partition coefficient (Wildman–Crippen LogP) is 3.19. The number of nitrogens with zero attached hydrogens (tertiary/aromatic N) is 4. The van der Waals surface area contributed by atoms with Gasteiger partial charge in [0.1, 0.15) is 17.2 Å². The van der Waals surface area contributed by atoms with E-state index in [1.54, 1.807) is 29.9 Å². The molecule has 0 unspecified atom stereocenters. The lowest BCUT2D eigenvalue weighted by Gasteiger charge is -2.27. The number of rotatable bonds is 5. The highest BCUT2D eigenvalue weighted by molar-refractivity contribution is 7.15. The zero-order valence-corrected chi connectivity index (χ0v) is 18.9. The van der Waals surface area contributed by atoms with E-state index in [9.17, 15) is 14.0 Å². The van der Waals surface area contributed by atoms with E-state index in [2.05, 4.69) is 15.4 Å². The molecular weight excluding hydrogens is 429 g/mol. The molecule has 0 radical (unpaired) electrons. The summed E-state index contributed by atoms with van der Waals surface area (Å²) in [5.74, 6) is 0.161. The number of likely N-dealkylation sites (tertiary alicyclic amines) is 1. The number of aromatic nitrogens is 3. The van der Waals surface area contributed by atoms with E-state index < -0.39 is 0 Å². The molecule has 5 rings (SSSR count). The van der Waals surface area contributed by atoms with Gasteiger partial charge in [-0.2, -0.15) is 5.10 Å². The number of nitrogens with one attached hydrogen (secondary N) is 1. The average Bonchev–Trinajstić information content (AvgIpc) is 3.07. The maximum Gasteiger partial charge on any atom is 0.274 e. The van der Waals surface area contributed by atoms with Gasteiger partial charge in [-0.25, -0.2) is 9.37 Å². The molecule has 1 aliphatic heterocycles. The molecule has 1 N–H and O–H groups in total. The van der Waals surface area contributed by atoms with Crippen LogP contribution in [0.1, 0.15) is 38.1 Å². The quantitative estimate of drug-likeness (QED) is 0.644. The van der Waals surface area contributed by atoms with Crippen molar-refractivity contribution in [2.75, 3.05) is 13.1 Å². The standard InChI is InChI=1S/C23H24FN5O2S/c1-12-7-18(28(3)27-12)22(30)25-10-19-17-9-15(17)11-29(19)23(31)20-21(32-13(2)26-20)14-5-4-6-16(24)8-14/h4-8,15,17,19H,9-11H2,1-3H3,(H,25,30)/t15-,17-,19-/m1/s1. The summed E-state index contributed by atoms with van der Waals surface area (Å²) in [5, 5.41) is 7.97. The summed E-state index contributed by atoms with van der Waals surface area (Å²) in [6.07, 6.45) is 1.07. The molecule has 3 aromatic rings. The van der Waals surface area contributed by atoms with Gasteiger partial charge in [0.2, 0.25) is 0 Å². The minimum absolute atomic E-state index is 0.0758. The van der Waals surface area contributed by atoms with Gasteiger partial charge in [-0.3, -0.25) is 14.3 Å². The monoisotopic (exact) mass is 453 g/mol. The number of thiazole rings is 1. The molecule has 1 aliphatic carbocycles. The number of piperidine rings is 1. The normalized spacial score (nSPS) is 21.5. The van der Waals surface area contributed by atoms with E-state index >= 15 is 0 Å². The zero-order valence-electron chi connectivity index (χ0n) is 18.1. The first-order valence-corrected chi connectivity index (χ1v) is 11.5. The van der Waals surface area contributed by atoms with Crippen LogP contribution in [0.4, 0.5) is 4.39 Å². The molecule has 0 spiro atoms. The number of benzene rings is 1. The number of fused-ring (bicyclic) bond motifs is 1. The smallest absolute Gasteiger partial charge is 0.274 e.